The summed E-state index contributed by atoms with van der Waals surface area (Å²) in [4.78, 5) is 4.10. The Hall–Kier alpha value is -0.410. The molecule has 0 bridgehead atoms. The number of nitrogens with one attached hydrogen (secondary N) is 1. The molecule has 3 heteroatoms. The second-order valence-electron chi connectivity index (χ2n) is 2.72. The third-order valence-corrected chi connectivity index (χ3v) is 2.17. The minimum Gasteiger partial charge on any atom is -0.310 e. The topological polar surface area (TPSA) is 24.9 Å². The van der Waals surface area contributed by atoms with Crippen LogP contribution in [0.3, 0.4) is 0 Å². The molecule has 1 heterocycles. The third-order valence-electron chi connectivity index (χ3n) is 1.74. The summed E-state index contributed by atoms with van der Waals surface area (Å²) >= 11 is 3.39. The first-order chi connectivity index (χ1) is 5.74. The third kappa shape index (κ3) is 2.57. The van der Waals surface area contributed by atoms with Gasteiger partial charge in [-0.05, 0) is 41.0 Å². The number of hydrogen-bond acceptors (Lipinski definition) is 2. The maximum Gasteiger partial charge on any atom is 0.0410 e. The first kappa shape index (κ1) is 9.68. The Morgan fingerprint density at radius 3 is 2.92 bits per heavy atom. The van der Waals surface area contributed by atoms with E-state index < -0.39 is 0 Å². The van der Waals surface area contributed by atoms with Crippen LogP contribution < -0.4 is 5.32 Å². The lowest BCUT2D eigenvalue weighted by molar-refractivity contribution is 0.596. The minimum atomic E-state index is 0.375. The lowest BCUT2D eigenvalue weighted by atomic mass is 10.1. The maximum atomic E-state index is 4.10. The van der Waals surface area contributed by atoms with E-state index in [4.69, 9.17) is 0 Å². The van der Waals surface area contributed by atoms with Crippen LogP contribution in [-0.4, -0.2) is 11.5 Å². The quantitative estimate of drug-likeness (QED) is 0.861. The Bertz CT molecular complexity index is 250. The molecule has 1 N–H and O–H groups in total. The zero-order valence-corrected chi connectivity index (χ0v) is 8.93. The van der Waals surface area contributed by atoms with Gasteiger partial charge in [0.1, 0.15) is 0 Å². The summed E-state index contributed by atoms with van der Waals surface area (Å²) in [6.45, 7) is 5.21. The SMILES string of the molecule is CCNC(C)c1cncc(Br)c1. The van der Waals surface area contributed by atoms with Crippen molar-refractivity contribution in [1.82, 2.24) is 10.3 Å². The molecular weight excluding hydrogens is 216 g/mol. The van der Waals surface area contributed by atoms with Gasteiger partial charge in [-0.25, -0.2) is 0 Å². The molecule has 66 valence electrons. The first-order valence-electron chi connectivity index (χ1n) is 4.08. The molecule has 12 heavy (non-hydrogen) atoms. The molecule has 0 radical (unpaired) electrons. The number of aromatic nitrogens is 1. The zero-order valence-electron chi connectivity index (χ0n) is 7.34. The van der Waals surface area contributed by atoms with Crippen molar-refractivity contribution < 1.29 is 0 Å². The van der Waals surface area contributed by atoms with E-state index in [-0.39, 0.29) is 0 Å². The second kappa shape index (κ2) is 4.58. The fraction of sp³-hybridized carbons (Fsp3) is 0.444. The van der Waals surface area contributed by atoms with Crippen molar-refractivity contribution >= 4 is 15.9 Å². The highest BCUT2D eigenvalue weighted by molar-refractivity contribution is 9.10. The molecule has 0 spiro atoms. The molecule has 1 aromatic heterocycles. The Morgan fingerprint density at radius 1 is 1.58 bits per heavy atom. The molecule has 1 unspecified atom stereocenters. The first-order valence-corrected chi connectivity index (χ1v) is 4.87. The molecular formula is C9H13BrN2. The van der Waals surface area contributed by atoms with Gasteiger partial charge in [-0.15, -0.1) is 0 Å². The van der Waals surface area contributed by atoms with Gasteiger partial charge in [-0.2, -0.15) is 0 Å². The van der Waals surface area contributed by atoms with Crippen molar-refractivity contribution in [2.45, 2.75) is 19.9 Å². The average Bonchev–Trinajstić information content (AvgIpc) is 2.05. The fourth-order valence-corrected chi connectivity index (χ4v) is 1.47. The Morgan fingerprint density at radius 2 is 2.33 bits per heavy atom. The van der Waals surface area contributed by atoms with Crippen LogP contribution in [0.2, 0.25) is 0 Å². The van der Waals surface area contributed by atoms with Crippen LogP contribution in [0.25, 0.3) is 0 Å². The van der Waals surface area contributed by atoms with E-state index >= 15 is 0 Å². The summed E-state index contributed by atoms with van der Waals surface area (Å²) in [5.41, 5.74) is 1.21. The van der Waals surface area contributed by atoms with Crippen molar-refractivity contribution in [3.05, 3.63) is 28.5 Å². The molecule has 2 nitrogen and oxygen atoms in total. The Labute approximate surface area is 81.5 Å². The standard InChI is InChI=1S/C9H13BrN2/c1-3-12-7(2)8-4-9(10)6-11-5-8/h4-7,12H,3H2,1-2H3. The monoisotopic (exact) mass is 228 g/mol. The molecule has 0 saturated heterocycles. The molecule has 1 aromatic rings. The predicted molar refractivity (Wildman–Crippen MR) is 54.0 cm³/mol. The van der Waals surface area contributed by atoms with Gasteiger partial charge >= 0.3 is 0 Å². The largest absolute Gasteiger partial charge is 0.310 e. The smallest absolute Gasteiger partial charge is 0.0410 e. The predicted octanol–water partition coefficient (Wildman–Crippen LogP) is 2.51. The minimum absolute atomic E-state index is 0.375. The van der Waals surface area contributed by atoms with Crippen LogP contribution in [0.15, 0.2) is 22.9 Å². The number of halogens is 1. The number of pyridine rings is 1. The summed E-state index contributed by atoms with van der Waals surface area (Å²) in [6.07, 6.45) is 3.68. The fourth-order valence-electron chi connectivity index (χ4n) is 1.09. The van der Waals surface area contributed by atoms with E-state index in [1.807, 2.05) is 6.20 Å². The molecule has 0 aliphatic carbocycles. The maximum absolute atomic E-state index is 4.10. The van der Waals surface area contributed by atoms with Gasteiger partial charge in [0.25, 0.3) is 0 Å². The van der Waals surface area contributed by atoms with E-state index in [1.165, 1.54) is 5.56 Å². The van der Waals surface area contributed by atoms with Crippen molar-refractivity contribution in [2.24, 2.45) is 0 Å². The van der Waals surface area contributed by atoms with Crippen LogP contribution >= 0.6 is 15.9 Å². The van der Waals surface area contributed by atoms with Gasteiger partial charge in [0.05, 0.1) is 0 Å². The number of rotatable bonds is 3. The van der Waals surface area contributed by atoms with E-state index in [2.05, 4.69) is 46.1 Å². The van der Waals surface area contributed by atoms with E-state index in [1.54, 1.807) is 6.20 Å². The van der Waals surface area contributed by atoms with Crippen molar-refractivity contribution in [3.63, 3.8) is 0 Å². The normalized spacial score (nSPS) is 12.9. The van der Waals surface area contributed by atoms with E-state index in [9.17, 15) is 0 Å². The van der Waals surface area contributed by atoms with E-state index in [0.717, 1.165) is 11.0 Å². The molecule has 1 atom stereocenters. The van der Waals surface area contributed by atoms with Crippen LogP contribution in [0, 0.1) is 0 Å². The Balaban J connectivity index is 2.73. The van der Waals surface area contributed by atoms with Gasteiger partial charge in [-0.1, -0.05) is 6.92 Å². The molecule has 0 fully saturated rings. The molecule has 0 amide bonds. The van der Waals surface area contributed by atoms with E-state index in [0.29, 0.717) is 6.04 Å². The molecule has 0 aliphatic rings. The van der Waals surface area contributed by atoms with Gasteiger partial charge in [0.15, 0.2) is 0 Å². The number of hydrogen-bond donors (Lipinski definition) is 1. The lowest BCUT2D eigenvalue weighted by Crippen LogP contribution is -2.17. The van der Waals surface area contributed by atoms with Crippen LogP contribution in [0.4, 0.5) is 0 Å². The Kier molecular flexibility index (Phi) is 3.69. The summed E-state index contributed by atoms with van der Waals surface area (Å²) in [5, 5.41) is 3.33. The molecule has 0 aromatic carbocycles. The summed E-state index contributed by atoms with van der Waals surface area (Å²) in [6, 6.07) is 2.46. The second-order valence-corrected chi connectivity index (χ2v) is 3.63. The van der Waals surface area contributed by atoms with Crippen LogP contribution in [-0.2, 0) is 0 Å². The summed E-state index contributed by atoms with van der Waals surface area (Å²) < 4.78 is 1.03. The van der Waals surface area contributed by atoms with Crippen molar-refractivity contribution in [2.75, 3.05) is 6.54 Å². The highest BCUT2D eigenvalue weighted by atomic mass is 79.9. The molecule has 0 saturated carbocycles. The van der Waals surface area contributed by atoms with Crippen LogP contribution in [0.1, 0.15) is 25.5 Å². The summed E-state index contributed by atoms with van der Waals surface area (Å²) in [7, 11) is 0. The average molecular weight is 229 g/mol. The number of nitrogens with zero attached hydrogens (tertiary/aromatic N) is 1. The zero-order chi connectivity index (χ0) is 8.97. The van der Waals surface area contributed by atoms with Crippen molar-refractivity contribution in [1.29, 1.82) is 0 Å². The molecule has 1 rings (SSSR count). The highest BCUT2D eigenvalue weighted by Gasteiger charge is 2.03. The molecule has 0 aliphatic heterocycles. The summed E-state index contributed by atoms with van der Waals surface area (Å²) in [5.74, 6) is 0. The van der Waals surface area contributed by atoms with Gasteiger partial charge in [-0.3, -0.25) is 4.98 Å². The van der Waals surface area contributed by atoms with Gasteiger partial charge in [0, 0.05) is 22.9 Å². The highest BCUT2D eigenvalue weighted by Crippen LogP contribution is 2.15. The lowest BCUT2D eigenvalue weighted by Gasteiger charge is -2.11. The van der Waals surface area contributed by atoms with Gasteiger partial charge < -0.3 is 5.32 Å². The van der Waals surface area contributed by atoms with Crippen LogP contribution in [0.5, 0.6) is 0 Å². The van der Waals surface area contributed by atoms with Crippen molar-refractivity contribution in [3.8, 4) is 0 Å². The van der Waals surface area contributed by atoms with Gasteiger partial charge in [0.2, 0.25) is 0 Å².